The van der Waals surface area contributed by atoms with E-state index in [-0.39, 0.29) is 18.4 Å². The molecule has 3 aromatic rings. The van der Waals surface area contributed by atoms with Gasteiger partial charge in [-0.2, -0.15) is 13.2 Å². The largest absolute Gasteiger partial charge is 0.497 e. The second kappa shape index (κ2) is 11.9. The number of likely N-dealkylation sites (tertiary alicyclic amines) is 1. The van der Waals surface area contributed by atoms with Crippen molar-refractivity contribution in [2.75, 3.05) is 33.4 Å². The maximum absolute atomic E-state index is 15.1. The number of aliphatic hydroxyl groups excluding tert-OH is 1. The van der Waals surface area contributed by atoms with Gasteiger partial charge in [-0.15, -0.1) is 0 Å². The molecule has 8 heteroatoms. The van der Waals surface area contributed by atoms with Gasteiger partial charge >= 0.3 is 6.18 Å². The Labute approximate surface area is 214 Å². The predicted molar refractivity (Wildman–Crippen MR) is 135 cm³/mol. The lowest BCUT2D eigenvalue weighted by Gasteiger charge is -2.37. The van der Waals surface area contributed by atoms with Crippen molar-refractivity contribution < 1.29 is 27.4 Å². The first-order valence-corrected chi connectivity index (χ1v) is 12.3. The third kappa shape index (κ3) is 7.00. The highest BCUT2D eigenvalue weighted by Crippen LogP contribution is 2.33. The fraction of sp³-hybridized carbons (Fsp3) is 0.414. The maximum atomic E-state index is 15.1. The molecule has 1 N–H and O–H groups in total. The van der Waals surface area contributed by atoms with Gasteiger partial charge in [0, 0.05) is 24.1 Å². The fourth-order valence-corrected chi connectivity index (χ4v) is 4.84. The van der Waals surface area contributed by atoms with Gasteiger partial charge in [0.05, 0.1) is 30.4 Å². The number of piperidine rings is 1. The Morgan fingerprint density at radius 1 is 1.14 bits per heavy atom. The quantitative estimate of drug-likeness (QED) is 0.309. The van der Waals surface area contributed by atoms with E-state index < -0.39 is 17.9 Å². The highest BCUT2D eigenvalue weighted by atomic mass is 19.4. The van der Waals surface area contributed by atoms with Crippen molar-refractivity contribution in [2.24, 2.45) is 11.8 Å². The van der Waals surface area contributed by atoms with Gasteiger partial charge in [0.15, 0.2) is 0 Å². The minimum absolute atomic E-state index is 0.00473. The van der Waals surface area contributed by atoms with Gasteiger partial charge < -0.3 is 9.84 Å². The zero-order chi connectivity index (χ0) is 26.4. The summed E-state index contributed by atoms with van der Waals surface area (Å²) in [5.41, 5.74) is 0.721. The Morgan fingerprint density at radius 2 is 1.97 bits per heavy atom. The van der Waals surface area contributed by atoms with Gasteiger partial charge in [-0.05, 0) is 80.1 Å². The van der Waals surface area contributed by atoms with E-state index in [2.05, 4.69) is 21.7 Å². The van der Waals surface area contributed by atoms with E-state index in [0.717, 1.165) is 36.2 Å². The summed E-state index contributed by atoms with van der Waals surface area (Å²) in [6.07, 6.45) is -3.83. The molecule has 196 valence electrons. The minimum Gasteiger partial charge on any atom is -0.497 e. The Morgan fingerprint density at radius 3 is 2.73 bits per heavy atom. The number of rotatable bonds is 7. The van der Waals surface area contributed by atoms with Crippen molar-refractivity contribution in [3.05, 3.63) is 71.4 Å². The Hall–Kier alpha value is -3.15. The van der Waals surface area contributed by atoms with Crippen molar-refractivity contribution in [2.45, 2.75) is 31.6 Å². The highest BCUT2D eigenvalue weighted by Gasteiger charge is 2.31. The molecule has 1 unspecified atom stereocenters. The molecule has 37 heavy (non-hydrogen) atoms. The van der Waals surface area contributed by atoms with Crippen LogP contribution in [-0.2, 0) is 6.18 Å². The van der Waals surface area contributed by atoms with Gasteiger partial charge in [0.1, 0.15) is 11.9 Å². The number of nitrogens with zero attached hydrogens (tertiary/aromatic N) is 2. The molecule has 2 aromatic carbocycles. The number of hydrogen-bond acceptors (Lipinski definition) is 4. The number of alkyl halides is 4. The summed E-state index contributed by atoms with van der Waals surface area (Å²) in [5, 5.41) is 10.8. The van der Waals surface area contributed by atoms with E-state index in [4.69, 9.17) is 4.74 Å². The average molecular weight is 515 g/mol. The minimum atomic E-state index is -4.40. The Bertz CT molecular complexity index is 1270. The summed E-state index contributed by atoms with van der Waals surface area (Å²) >= 11 is 0. The van der Waals surface area contributed by atoms with Crippen LogP contribution in [0.5, 0.6) is 5.75 Å². The molecule has 3 atom stereocenters. The number of pyridine rings is 1. The average Bonchev–Trinajstić information content (AvgIpc) is 2.91. The van der Waals surface area contributed by atoms with Gasteiger partial charge in [0.25, 0.3) is 0 Å². The standard InChI is InChI=1S/C29H30F4N2O2/c1-37-25-9-12-27-22(17-25)8-11-28(34-27)26(30)10-7-21-13-15-35(18-23(21)19-36)14-3-5-20-4-2-6-24(16-20)29(31,32)33/h2,4,6,8-9,11-12,16-17,21,23,26,36H,7,10,13-15,18-19H2,1H3/t21-,23-,26?/m1/s1. The molecule has 0 bridgehead atoms. The zero-order valence-corrected chi connectivity index (χ0v) is 20.6. The number of benzene rings is 2. The normalized spacial score (nSPS) is 19.3. The monoisotopic (exact) mass is 514 g/mol. The Balaban J connectivity index is 1.30. The van der Waals surface area contributed by atoms with Crippen LogP contribution in [0.25, 0.3) is 10.9 Å². The zero-order valence-electron chi connectivity index (χ0n) is 20.6. The van der Waals surface area contributed by atoms with Crippen LogP contribution < -0.4 is 4.74 Å². The van der Waals surface area contributed by atoms with Crippen molar-refractivity contribution in [1.29, 1.82) is 0 Å². The molecule has 0 radical (unpaired) electrons. The van der Waals surface area contributed by atoms with E-state index in [9.17, 15) is 18.3 Å². The molecular weight excluding hydrogens is 484 g/mol. The topological polar surface area (TPSA) is 45.6 Å². The van der Waals surface area contributed by atoms with Crippen LogP contribution in [0, 0.1) is 23.7 Å². The maximum Gasteiger partial charge on any atom is 0.416 e. The van der Waals surface area contributed by atoms with Gasteiger partial charge in [-0.1, -0.05) is 24.0 Å². The SMILES string of the molecule is COc1ccc2nc(C(F)CC[C@@H]3CCN(CC#Cc4cccc(C(F)(F)F)c4)C[C@@H]3CO)ccc2c1. The third-order valence-corrected chi connectivity index (χ3v) is 6.97. The van der Waals surface area contributed by atoms with Crippen molar-refractivity contribution >= 4 is 10.9 Å². The molecule has 0 amide bonds. The number of halogens is 4. The van der Waals surface area contributed by atoms with Gasteiger partial charge in [-0.25, -0.2) is 9.37 Å². The van der Waals surface area contributed by atoms with Crippen LogP contribution in [0.3, 0.4) is 0 Å². The number of aromatic nitrogens is 1. The molecule has 4 nitrogen and oxygen atoms in total. The van der Waals surface area contributed by atoms with Crippen molar-refractivity contribution in [3.8, 4) is 17.6 Å². The second-order valence-corrected chi connectivity index (χ2v) is 9.45. The predicted octanol–water partition coefficient (Wildman–Crippen LogP) is 6.04. The first kappa shape index (κ1) is 26.9. The summed E-state index contributed by atoms with van der Waals surface area (Å²) < 4.78 is 58.9. The van der Waals surface area contributed by atoms with Crippen molar-refractivity contribution in [1.82, 2.24) is 9.88 Å². The summed E-state index contributed by atoms with van der Waals surface area (Å²) in [5.74, 6) is 6.66. The summed E-state index contributed by atoms with van der Waals surface area (Å²) in [4.78, 5) is 6.56. The lowest BCUT2D eigenvalue weighted by Crippen LogP contribution is -2.42. The van der Waals surface area contributed by atoms with E-state index in [1.165, 1.54) is 6.07 Å². The first-order valence-electron chi connectivity index (χ1n) is 12.3. The van der Waals surface area contributed by atoms with Gasteiger partial charge in [-0.3, -0.25) is 4.90 Å². The lowest BCUT2D eigenvalue weighted by molar-refractivity contribution is -0.137. The molecule has 4 rings (SSSR count). The van der Waals surface area contributed by atoms with Crippen LogP contribution in [0.15, 0.2) is 54.6 Å². The molecule has 2 heterocycles. The molecule has 1 fully saturated rings. The molecular formula is C29H30F4N2O2. The van der Waals surface area contributed by atoms with E-state index in [1.807, 2.05) is 18.2 Å². The number of hydrogen-bond donors (Lipinski definition) is 1. The van der Waals surface area contributed by atoms with E-state index in [1.54, 1.807) is 25.3 Å². The molecule has 1 aliphatic rings. The van der Waals surface area contributed by atoms with Crippen LogP contribution in [0.2, 0.25) is 0 Å². The van der Waals surface area contributed by atoms with Crippen LogP contribution >= 0.6 is 0 Å². The number of ether oxygens (including phenoxy) is 1. The first-order chi connectivity index (χ1) is 17.8. The van der Waals surface area contributed by atoms with Gasteiger partial charge in [0.2, 0.25) is 0 Å². The molecule has 0 saturated carbocycles. The summed E-state index contributed by atoms with van der Waals surface area (Å²) in [6.45, 7) is 1.75. The number of methoxy groups -OCH3 is 1. The number of aliphatic hydroxyl groups is 1. The Kier molecular flexibility index (Phi) is 8.67. The highest BCUT2D eigenvalue weighted by molar-refractivity contribution is 5.80. The van der Waals surface area contributed by atoms with E-state index >= 15 is 4.39 Å². The molecule has 0 spiro atoms. The summed E-state index contributed by atoms with van der Waals surface area (Å²) in [6, 6.07) is 14.0. The summed E-state index contributed by atoms with van der Waals surface area (Å²) in [7, 11) is 1.60. The third-order valence-electron chi connectivity index (χ3n) is 6.97. The van der Waals surface area contributed by atoms with E-state index in [0.29, 0.717) is 42.7 Å². The molecule has 1 aromatic heterocycles. The van der Waals surface area contributed by atoms with Crippen LogP contribution in [-0.4, -0.2) is 48.3 Å². The molecule has 0 aliphatic carbocycles. The lowest BCUT2D eigenvalue weighted by atomic mass is 9.82. The second-order valence-electron chi connectivity index (χ2n) is 9.45. The number of fused-ring (bicyclic) bond motifs is 1. The smallest absolute Gasteiger partial charge is 0.416 e. The van der Waals surface area contributed by atoms with Crippen molar-refractivity contribution in [3.63, 3.8) is 0 Å². The molecule has 1 aliphatic heterocycles. The van der Waals surface area contributed by atoms with Crippen LogP contribution in [0.4, 0.5) is 17.6 Å². The molecule has 1 saturated heterocycles. The fourth-order valence-electron chi connectivity index (χ4n) is 4.84. The van der Waals surface area contributed by atoms with Crippen LogP contribution in [0.1, 0.15) is 42.3 Å².